The first-order valence-corrected chi connectivity index (χ1v) is 19.6. The molecule has 3 heterocycles. The normalized spacial score (nSPS) is 20.9. The van der Waals surface area contributed by atoms with Crippen molar-refractivity contribution in [1.82, 2.24) is 24.8 Å². The SMILES string of the molecule is COc1cc(/C(F)=C/c2cccc(-c3cccc(NC(=O)c4nc5c(n4C)CCN(CCC46CCC(C(=O)O)(CC4)C6)C5)c3Cl)c2Cl)ncc1CNC(C)C. The summed E-state index contributed by atoms with van der Waals surface area (Å²) in [5.41, 5.74) is 4.42. The van der Waals surface area contributed by atoms with Crippen molar-refractivity contribution >= 4 is 52.7 Å². The van der Waals surface area contributed by atoms with Crippen LogP contribution in [0.25, 0.3) is 23.0 Å². The average molecular weight is 790 g/mol. The van der Waals surface area contributed by atoms with Crippen molar-refractivity contribution in [1.29, 1.82) is 0 Å². The fourth-order valence-electron chi connectivity index (χ4n) is 8.66. The van der Waals surface area contributed by atoms with E-state index in [2.05, 4.69) is 20.5 Å². The molecule has 0 spiro atoms. The van der Waals surface area contributed by atoms with Crippen LogP contribution in [0.1, 0.15) is 91.2 Å². The zero-order chi connectivity index (χ0) is 39.1. The van der Waals surface area contributed by atoms with Crippen LogP contribution in [0, 0.1) is 10.8 Å². The Morgan fingerprint density at radius 2 is 1.82 bits per heavy atom. The molecule has 2 saturated carbocycles. The smallest absolute Gasteiger partial charge is 0.309 e. The number of ether oxygens (including phenoxy) is 1. The Bertz CT molecular complexity index is 2160. The van der Waals surface area contributed by atoms with E-state index in [0.717, 1.165) is 75.0 Å². The lowest BCUT2D eigenvalue weighted by atomic mass is 9.80. The molecule has 290 valence electrons. The number of nitrogens with zero attached hydrogens (tertiary/aromatic N) is 4. The Morgan fingerprint density at radius 1 is 1.09 bits per heavy atom. The van der Waals surface area contributed by atoms with Gasteiger partial charge >= 0.3 is 5.97 Å². The number of fused-ring (bicyclic) bond motifs is 3. The minimum absolute atomic E-state index is 0.115. The van der Waals surface area contributed by atoms with E-state index in [0.29, 0.717) is 47.0 Å². The maximum atomic E-state index is 15.6. The quantitative estimate of drug-likeness (QED) is 0.123. The molecule has 3 N–H and O–H groups in total. The van der Waals surface area contributed by atoms with Gasteiger partial charge in [-0.1, -0.05) is 67.4 Å². The molecule has 2 fully saturated rings. The van der Waals surface area contributed by atoms with Crippen LogP contribution in [0.3, 0.4) is 0 Å². The zero-order valence-electron chi connectivity index (χ0n) is 31.6. The molecule has 1 aliphatic heterocycles. The number of carbonyl (C=O) groups excluding carboxylic acids is 1. The summed E-state index contributed by atoms with van der Waals surface area (Å²) in [6.45, 7) is 7.00. The number of halogens is 3. The van der Waals surface area contributed by atoms with E-state index in [1.165, 1.54) is 6.08 Å². The summed E-state index contributed by atoms with van der Waals surface area (Å²) < 4.78 is 23.0. The minimum Gasteiger partial charge on any atom is -0.496 e. The van der Waals surface area contributed by atoms with Gasteiger partial charge in [0.25, 0.3) is 5.91 Å². The molecular formula is C42H47Cl2FN6O4. The molecule has 0 atom stereocenters. The highest BCUT2D eigenvalue weighted by atomic mass is 35.5. The van der Waals surface area contributed by atoms with Crippen molar-refractivity contribution in [3.63, 3.8) is 0 Å². The van der Waals surface area contributed by atoms with Gasteiger partial charge in [0.15, 0.2) is 5.82 Å². The topological polar surface area (TPSA) is 122 Å². The predicted octanol–water partition coefficient (Wildman–Crippen LogP) is 8.80. The number of nitrogens with one attached hydrogen (secondary N) is 2. The molecule has 0 saturated heterocycles. The third-order valence-electron chi connectivity index (χ3n) is 11.9. The lowest BCUT2D eigenvalue weighted by Gasteiger charge is -2.32. The number of hydrogen-bond donors (Lipinski definition) is 3. The fourth-order valence-corrected chi connectivity index (χ4v) is 9.21. The molecule has 2 bridgehead atoms. The van der Waals surface area contributed by atoms with Gasteiger partial charge in [-0.3, -0.25) is 19.5 Å². The number of amides is 1. The van der Waals surface area contributed by atoms with E-state index in [9.17, 15) is 14.7 Å². The summed E-state index contributed by atoms with van der Waals surface area (Å²) in [5.74, 6) is -0.781. The van der Waals surface area contributed by atoms with Crippen molar-refractivity contribution in [2.75, 3.05) is 25.5 Å². The van der Waals surface area contributed by atoms with E-state index in [4.69, 9.17) is 32.9 Å². The average Bonchev–Trinajstić information content (AvgIpc) is 3.86. The number of imidazole rings is 1. The Balaban J connectivity index is 1.04. The summed E-state index contributed by atoms with van der Waals surface area (Å²) >= 11 is 13.8. The van der Waals surface area contributed by atoms with Gasteiger partial charge in [-0.2, -0.15) is 0 Å². The Kier molecular flexibility index (Phi) is 11.1. The second-order valence-corrected chi connectivity index (χ2v) is 16.4. The zero-order valence-corrected chi connectivity index (χ0v) is 33.2. The molecule has 1 amide bonds. The molecule has 7 rings (SSSR count). The molecule has 2 aromatic heterocycles. The standard InChI is InChI=1S/C42H47Cl2FN6O4/c1-25(2)46-21-27-22-47-32(20-35(27)55-4)30(45)19-26-7-5-8-28(36(26)43)29-9-6-10-31(37(29)44)49-39(52)38-48-33-23-51(17-11-34(33)50(38)3)18-16-41-12-14-42(24-41,15-13-41)40(53)54/h5-10,19-20,22,25,46H,11-18,21,23-24H2,1-4H3,(H,49,52)(H,53,54)/b30-19-. The molecule has 3 aliphatic rings. The first kappa shape index (κ1) is 39.0. The van der Waals surface area contributed by atoms with E-state index in [-0.39, 0.29) is 33.1 Å². The predicted molar refractivity (Wildman–Crippen MR) is 214 cm³/mol. The van der Waals surface area contributed by atoms with Gasteiger partial charge in [0.1, 0.15) is 17.3 Å². The van der Waals surface area contributed by atoms with E-state index in [1.54, 1.807) is 55.8 Å². The molecular weight excluding hydrogens is 742 g/mol. The van der Waals surface area contributed by atoms with Crippen LogP contribution >= 0.6 is 23.2 Å². The molecule has 0 unspecified atom stereocenters. The van der Waals surface area contributed by atoms with Crippen LogP contribution in [0.5, 0.6) is 5.75 Å². The Hall–Kier alpha value is -4.29. The lowest BCUT2D eigenvalue weighted by molar-refractivity contribution is -0.148. The van der Waals surface area contributed by atoms with Gasteiger partial charge in [0.05, 0.1) is 34.0 Å². The van der Waals surface area contributed by atoms with Crippen molar-refractivity contribution in [3.8, 4) is 16.9 Å². The number of carbonyl (C=O) groups is 2. The maximum absolute atomic E-state index is 15.6. The van der Waals surface area contributed by atoms with Gasteiger partial charge in [0, 0.05) is 73.8 Å². The third kappa shape index (κ3) is 7.77. The Morgan fingerprint density at radius 3 is 2.51 bits per heavy atom. The first-order valence-electron chi connectivity index (χ1n) is 18.8. The summed E-state index contributed by atoms with van der Waals surface area (Å²) in [6, 6.07) is 12.4. The summed E-state index contributed by atoms with van der Waals surface area (Å²) in [4.78, 5) is 37.1. The number of carboxylic acid groups (broad SMARTS) is 1. The van der Waals surface area contributed by atoms with Crippen LogP contribution in [0.2, 0.25) is 10.0 Å². The van der Waals surface area contributed by atoms with Gasteiger partial charge < -0.3 is 25.0 Å². The summed E-state index contributed by atoms with van der Waals surface area (Å²) in [5, 5.41) is 16.7. The van der Waals surface area contributed by atoms with Crippen LogP contribution in [-0.2, 0) is 31.4 Å². The fraction of sp³-hybridized carbons (Fsp3) is 0.429. The molecule has 0 radical (unpaired) electrons. The molecule has 10 nitrogen and oxygen atoms in total. The highest BCUT2D eigenvalue weighted by molar-refractivity contribution is 6.39. The van der Waals surface area contributed by atoms with Crippen molar-refractivity contribution in [3.05, 3.63) is 92.7 Å². The molecule has 13 heteroatoms. The lowest BCUT2D eigenvalue weighted by Crippen LogP contribution is -2.34. The Labute approximate surface area is 331 Å². The number of benzene rings is 2. The summed E-state index contributed by atoms with van der Waals surface area (Å²) in [7, 11) is 3.40. The van der Waals surface area contributed by atoms with Crippen LogP contribution in [-0.4, -0.2) is 62.7 Å². The number of rotatable bonds is 13. The van der Waals surface area contributed by atoms with Crippen molar-refractivity contribution in [2.45, 2.75) is 77.9 Å². The van der Waals surface area contributed by atoms with Crippen LogP contribution in [0.4, 0.5) is 10.1 Å². The molecule has 4 aromatic rings. The number of hydrogen-bond acceptors (Lipinski definition) is 7. The van der Waals surface area contributed by atoms with Crippen molar-refractivity contribution < 1.29 is 23.8 Å². The second kappa shape index (κ2) is 15.7. The number of anilines is 1. The van der Waals surface area contributed by atoms with Crippen molar-refractivity contribution in [2.24, 2.45) is 17.9 Å². The largest absolute Gasteiger partial charge is 0.496 e. The monoisotopic (exact) mass is 788 g/mol. The van der Waals surface area contributed by atoms with Gasteiger partial charge in [0.2, 0.25) is 0 Å². The number of methoxy groups -OCH3 is 1. The minimum atomic E-state index is -0.632. The van der Waals surface area contributed by atoms with Gasteiger partial charge in [-0.15, -0.1) is 0 Å². The number of aliphatic carboxylic acids is 1. The van der Waals surface area contributed by atoms with Gasteiger partial charge in [-0.25, -0.2) is 9.37 Å². The third-order valence-corrected chi connectivity index (χ3v) is 12.7. The van der Waals surface area contributed by atoms with Crippen LogP contribution in [0.15, 0.2) is 48.7 Å². The van der Waals surface area contributed by atoms with E-state index < -0.39 is 17.2 Å². The van der Waals surface area contributed by atoms with E-state index >= 15 is 4.39 Å². The molecule has 2 aromatic carbocycles. The highest BCUT2D eigenvalue weighted by Crippen LogP contribution is 2.63. The maximum Gasteiger partial charge on any atom is 0.309 e. The first-order chi connectivity index (χ1) is 26.3. The molecule has 2 aliphatic carbocycles. The number of pyridine rings is 1. The number of carboxylic acids is 1. The molecule has 55 heavy (non-hydrogen) atoms. The summed E-state index contributed by atoms with van der Waals surface area (Å²) in [6.07, 6.45) is 9.03. The van der Waals surface area contributed by atoms with Crippen LogP contribution < -0.4 is 15.4 Å². The van der Waals surface area contributed by atoms with Gasteiger partial charge in [-0.05, 0) is 68.2 Å². The number of aromatic nitrogens is 3. The highest BCUT2D eigenvalue weighted by Gasteiger charge is 2.57. The van der Waals surface area contributed by atoms with E-state index in [1.807, 2.05) is 25.5 Å². The second-order valence-electron chi connectivity index (χ2n) is 15.7.